The molecule has 0 saturated carbocycles. The first kappa shape index (κ1) is 22.5. The maximum atomic E-state index is 4.64. The second-order valence-electron chi connectivity index (χ2n) is 8.13. The highest BCUT2D eigenvalue weighted by Gasteiger charge is 2.13. The second kappa shape index (κ2) is 10.3. The molecule has 0 radical (unpaired) electrons. The minimum atomic E-state index is 0.889. The van der Waals surface area contributed by atoms with E-state index in [-0.39, 0.29) is 0 Å². The summed E-state index contributed by atoms with van der Waals surface area (Å²) in [5, 5.41) is 6.82. The number of fused-ring (bicyclic) bond motifs is 1. The summed E-state index contributed by atoms with van der Waals surface area (Å²) in [5.74, 6) is 0. The molecule has 170 valence electrons. The zero-order valence-corrected chi connectivity index (χ0v) is 19.8. The smallest absolute Gasteiger partial charge is 0.161 e. The number of anilines is 4. The molecule has 0 fully saturated rings. The highest BCUT2D eigenvalue weighted by molar-refractivity contribution is 5.84. The largest absolute Gasteiger partial charge is 0.388 e. The number of nitrogens with zero attached hydrogens (tertiary/aromatic N) is 3. The number of aromatic nitrogens is 2. The number of imidazole rings is 1. The molecule has 0 aliphatic rings. The van der Waals surface area contributed by atoms with Gasteiger partial charge in [0.2, 0.25) is 0 Å². The SMILES string of the molecule is C=Cc1c(NC)cccc1-c1ccc(Nc2ccc(N(CCC)CCC)cc2)c2nccn12. The van der Waals surface area contributed by atoms with Gasteiger partial charge >= 0.3 is 0 Å². The van der Waals surface area contributed by atoms with Gasteiger partial charge in [-0.1, -0.05) is 38.6 Å². The third kappa shape index (κ3) is 4.58. The summed E-state index contributed by atoms with van der Waals surface area (Å²) in [6.45, 7) is 10.6. The van der Waals surface area contributed by atoms with E-state index in [1.54, 1.807) is 0 Å². The lowest BCUT2D eigenvalue weighted by Gasteiger charge is -2.24. The molecule has 4 rings (SSSR count). The summed E-state index contributed by atoms with van der Waals surface area (Å²) < 4.78 is 2.13. The molecule has 2 aromatic heterocycles. The van der Waals surface area contributed by atoms with Crippen LogP contribution in [0.1, 0.15) is 32.3 Å². The number of hydrogen-bond donors (Lipinski definition) is 2. The Morgan fingerprint density at radius 3 is 2.39 bits per heavy atom. The average molecular weight is 440 g/mol. The van der Waals surface area contributed by atoms with E-state index in [0.717, 1.165) is 65.5 Å². The molecule has 5 heteroatoms. The zero-order valence-electron chi connectivity index (χ0n) is 19.8. The summed E-state index contributed by atoms with van der Waals surface area (Å²) in [5.41, 5.74) is 8.50. The Bertz CT molecular complexity index is 1220. The average Bonchev–Trinajstić information content (AvgIpc) is 3.35. The van der Waals surface area contributed by atoms with Crippen LogP contribution in [0.3, 0.4) is 0 Å². The van der Waals surface area contributed by atoms with Gasteiger partial charge in [-0.05, 0) is 55.3 Å². The van der Waals surface area contributed by atoms with E-state index in [9.17, 15) is 0 Å². The molecular formula is C28H33N5. The molecule has 2 aromatic carbocycles. The van der Waals surface area contributed by atoms with Crippen molar-refractivity contribution < 1.29 is 0 Å². The van der Waals surface area contributed by atoms with Gasteiger partial charge in [-0.3, -0.25) is 4.40 Å². The molecule has 0 aliphatic heterocycles. The van der Waals surface area contributed by atoms with Crippen LogP contribution in [0.15, 0.2) is 73.6 Å². The van der Waals surface area contributed by atoms with E-state index >= 15 is 0 Å². The number of pyridine rings is 1. The predicted octanol–water partition coefficient (Wildman–Crippen LogP) is 7.06. The maximum absolute atomic E-state index is 4.64. The number of hydrogen-bond acceptors (Lipinski definition) is 4. The van der Waals surface area contributed by atoms with Crippen LogP contribution in [0.2, 0.25) is 0 Å². The molecule has 0 bridgehead atoms. The van der Waals surface area contributed by atoms with Crippen molar-refractivity contribution in [2.75, 3.05) is 35.7 Å². The van der Waals surface area contributed by atoms with Gasteiger partial charge in [-0.2, -0.15) is 0 Å². The first-order chi connectivity index (χ1) is 16.2. The topological polar surface area (TPSA) is 44.6 Å². The number of rotatable bonds is 10. The summed E-state index contributed by atoms with van der Waals surface area (Å²) in [6.07, 6.45) is 8.04. The fourth-order valence-electron chi connectivity index (χ4n) is 4.38. The Kier molecular flexibility index (Phi) is 6.98. The van der Waals surface area contributed by atoms with E-state index in [2.05, 4.69) is 99.9 Å². The molecule has 4 aromatic rings. The molecule has 0 amide bonds. The summed E-state index contributed by atoms with van der Waals surface area (Å²) in [7, 11) is 1.93. The van der Waals surface area contributed by atoms with E-state index in [0.29, 0.717) is 0 Å². The van der Waals surface area contributed by atoms with Crippen molar-refractivity contribution in [2.45, 2.75) is 26.7 Å². The Labute approximate surface area is 196 Å². The molecule has 5 nitrogen and oxygen atoms in total. The Morgan fingerprint density at radius 1 is 0.970 bits per heavy atom. The zero-order chi connectivity index (χ0) is 23.2. The Balaban J connectivity index is 1.66. The van der Waals surface area contributed by atoms with E-state index in [1.165, 1.54) is 5.69 Å². The van der Waals surface area contributed by atoms with Crippen molar-refractivity contribution in [3.8, 4) is 11.3 Å². The van der Waals surface area contributed by atoms with E-state index < -0.39 is 0 Å². The molecule has 0 atom stereocenters. The van der Waals surface area contributed by atoms with Crippen molar-refractivity contribution in [3.63, 3.8) is 0 Å². The molecule has 0 spiro atoms. The Hall–Kier alpha value is -3.73. The van der Waals surface area contributed by atoms with Crippen molar-refractivity contribution in [3.05, 3.63) is 79.1 Å². The van der Waals surface area contributed by atoms with Gasteiger partial charge in [-0.25, -0.2) is 4.98 Å². The fraction of sp³-hybridized carbons (Fsp3) is 0.250. The molecule has 0 unspecified atom stereocenters. The van der Waals surface area contributed by atoms with Crippen LogP contribution in [0.4, 0.5) is 22.7 Å². The fourth-order valence-corrected chi connectivity index (χ4v) is 4.38. The minimum absolute atomic E-state index is 0.889. The molecular weight excluding hydrogens is 406 g/mol. The molecule has 0 aliphatic carbocycles. The van der Waals surface area contributed by atoms with Gasteiger partial charge in [0, 0.05) is 60.7 Å². The van der Waals surface area contributed by atoms with E-state index in [4.69, 9.17) is 0 Å². The maximum Gasteiger partial charge on any atom is 0.161 e. The van der Waals surface area contributed by atoms with Crippen LogP contribution in [-0.4, -0.2) is 29.5 Å². The number of benzene rings is 2. The van der Waals surface area contributed by atoms with E-state index in [1.807, 2.05) is 25.5 Å². The third-order valence-corrected chi connectivity index (χ3v) is 5.90. The van der Waals surface area contributed by atoms with Crippen molar-refractivity contribution in [2.24, 2.45) is 0 Å². The standard InChI is InChI=1S/C28H33N5/c1-5-18-32(19-6-2)22-13-11-21(12-14-22)31-26-15-16-27(33-20-17-30-28(26)33)24-9-8-10-25(29-4)23(24)7-3/h7-17,20,29,31H,3,5-6,18-19H2,1-2,4H3. The lowest BCUT2D eigenvalue weighted by molar-refractivity contribution is 0.745. The highest BCUT2D eigenvalue weighted by Crippen LogP contribution is 2.33. The molecule has 2 heterocycles. The van der Waals surface area contributed by atoms with Crippen LogP contribution >= 0.6 is 0 Å². The molecule has 2 N–H and O–H groups in total. The highest BCUT2D eigenvalue weighted by atomic mass is 15.1. The summed E-state index contributed by atoms with van der Waals surface area (Å²) in [6, 6.07) is 19.2. The quantitative estimate of drug-likeness (QED) is 0.278. The third-order valence-electron chi connectivity index (χ3n) is 5.90. The van der Waals surface area contributed by atoms with Gasteiger partial charge in [0.1, 0.15) is 0 Å². The Morgan fingerprint density at radius 2 is 1.73 bits per heavy atom. The van der Waals surface area contributed by atoms with Crippen molar-refractivity contribution in [1.82, 2.24) is 9.38 Å². The molecule has 33 heavy (non-hydrogen) atoms. The predicted molar refractivity (Wildman–Crippen MR) is 143 cm³/mol. The first-order valence-corrected chi connectivity index (χ1v) is 11.7. The lowest BCUT2D eigenvalue weighted by Crippen LogP contribution is -2.24. The van der Waals surface area contributed by atoms with Crippen LogP contribution in [0.5, 0.6) is 0 Å². The van der Waals surface area contributed by atoms with Gasteiger partial charge in [0.15, 0.2) is 5.65 Å². The van der Waals surface area contributed by atoms with Crippen LogP contribution in [-0.2, 0) is 0 Å². The first-order valence-electron chi connectivity index (χ1n) is 11.7. The van der Waals surface area contributed by atoms with Gasteiger partial charge in [0.05, 0.1) is 11.4 Å². The summed E-state index contributed by atoms with van der Waals surface area (Å²) in [4.78, 5) is 7.09. The van der Waals surface area contributed by atoms with Gasteiger partial charge in [-0.15, -0.1) is 0 Å². The van der Waals surface area contributed by atoms with Crippen molar-refractivity contribution >= 4 is 34.5 Å². The second-order valence-corrected chi connectivity index (χ2v) is 8.13. The van der Waals surface area contributed by atoms with Crippen LogP contribution in [0, 0.1) is 0 Å². The number of nitrogens with one attached hydrogen (secondary N) is 2. The van der Waals surface area contributed by atoms with Crippen LogP contribution < -0.4 is 15.5 Å². The van der Waals surface area contributed by atoms with Gasteiger partial charge in [0.25, 0.3) is 0 Å². The normalized spacial score (nSPS) is 10.9. The molecule has 0 saturated heterocycles. The monoisotopic (exact) mass is 439 g/mol. The summed E-state index contributed by atoms with van der Waals surface area (Å²) >= 11 is 0. The minimum Gasteiger partial charge on any atom is -0.388 e. The van der Waals surface area contributed by atoms with Gasteiger partial charge < -0.3 is 15.5 Å². The lowest BCUT2D eigenvalue weighted by atomic mass is 10.0. The van der Waals surface area contributed by atoms with Crippen molar-refractivity contribution in [1.29, 1.82) is 0 Å². The van der Waals surface area contributed by atoms with Crippen LogP contribution in [0.25, 0.3) is 23.0 Å².